The van der Waals surface area contributed by atoms with Gasteiger partial charge in [0.2, 0.25) is 0 Å². The van der Waals surface area contributed by atoms with E-state index in [0.29, 0.717) is 12.6 Å². The zero-order valence-corrected chi connectivity index (χ0v) is 16.1. The van der Waals surface area contributed by atoms with Crippen LogP contribution in [0.5, 0.6) is 0 Å². The number of amides is 1. The number of piperidine rings is 1. The third-order valence-electron chi connectivity index (χ3n) is 4.99. The summed E-state index contributed by atoms with van der Waals surface area (Å²) in [5, 5.41) is 4.93. The number of H-pyrrole nitrogens is 1. The number of rotatable bonds is 7. The van der Waals surface area contributed by atoms with E-state index < -0.39 is 0 Å². The average Bonchev–Trinajstić information content (AvgIpc) is 3.19. The van der Waals surface area contributed by atoms with E-state index in [-0.39, 0.29) is 17.0 Å². The van der Waals surface area contributed by atoms with E-state index in [1.165, 1.54) is 25.7 Å². The lowest BCUT2D eigenvalue weighted by atomic mass is 10.0. The van der Waals surface area contributed by atoms with Gasteiger partial charge in [0.25, 0.3) is 11.5 Å². The molecule has 1 aliphatic heterocycles. The number of carbonyl (C=O) groups is 1. The summed E-state index contributed by atoms with van der Waals surface area (Å²) >= 11 is 1.56. The van der Waals surface area contributed by atoms with Crippen LogP contribution >= 0.6 is 11.3 Å². The zero-order valence-electron chi connectivity index (χ0n) is 15.3. The van der Waals surface area contributed by atoms with Crippen molar-refractivity contribution in [3.8, 4) is 10.6 Å². The van der Waals surface area contributed by atoms with Crippen LogP contribution in [0, 0.1) is 0 Å². The summed E-state index contributed by atoms with van der Waals surface area (Å²) in [7, 11) is 0. The maximum atomic E-state index is 12.5. The molecular weight excluding hydrogens is 346 g/mol. The first-order valence-electron chi connectivity index (χ1n) is 9.48. The molecular formula is C20H27N3O2S. The third-order valence-corrected chi connectivity index (χ3v) is 5.89. The molecule has 0 saturated carbocycles. The Kier molecular flexibility index (Phi) is 6.63. The lowest BCUT2D eigenvalue weighted by molar-refractivity contribution is 0.0911. The Labute approximate surface area is 158 Å². The van der Waals surface area contributed by atoms with E-state index in [2.05, 4.69) is 22.1 Å². The number of thiophene rings is 1. The molecule has 1 saturated heterocycles. The highest BCUT2D eigenvalue weighted by Gasteiger charge is 2.22. The number of hydrogen-bond donors (Lipinski definition) is 2. The Morgan fingerprint density at radius 2 is 2.23 bits per heavy atom. The van der Waals surface area contributed by atoms with Gasteiger partial charge in [-0.1, -0.05) is 25.8 Å². The second kappa shape index (κ2) is 9.14. The van der Waals surface area contributed by atoms with Gasteiger partial charge in [-0.05, 0) is 55.9 Å². The van der Waals surface area contributed by atoms with Crippen LogP contribution in [0.4, 0.5) is 0 Å². The fraction of sp³-hybridized carbons (Fsp3) is 0.500. The summed E-state index contributed by atoms with van der Waals surface area (Å²) in [5.74, 6) is -0.287. The number of likely N-dealkylation sites (tertiary alicyclic amines) is 1. The molecule has 1 atom stereocenters. The van der Waals surface area contributed by atoms with Gasteiger partial charge in [0.05, 0.1) is 10.6 Å². The minimum Gasteiger partial charge on any atom is -0.350 e. The highest BCUT2D eigenvalue weighted by molar-refractivity contribution is 7.13. The normalized spacial score (nSPS) is 18.0. The molecule has 1 amide bonds. The van der Waals surface area contributed by atoms with Crippen LogP contribution in [-0.4, -0.2) is 41.5 Å². The molecule has 0 spiro atoms. The molecule has 0 aromatic carbocycles. The van der Waals surface area contributed by atoms with Crippen LogP contribution in [0.3, 0.4) is 0 Å². The Balaban J connectivity index is 1.61. The molecule has 0 aliphatic carbocycles. The van der Waals surface area contributed by atoms with E-state index >= 15 is 0 Å². The number of aromatic amines is 1. The van der Waals surface area contributed by atoms with Crippen LogP contribution in [0.15, 0.2) is 34.4 Å². The SMILES string of the molecule is CCCCN1CCCCC1CNC(=O)c1ccc(-c2cccs2)[nH]c1=O. The van der Waals surface area contributed by atoms with E-state index in [9.17, 15) is 9.59 Å². The van der Waals surface area contributed by atoms with Crippen molar-refractivity contribution in [1.29, 1.82) is 0 Å². The van der Waals surface area contributed by atoms with E-state index in [1.54, 1.807) is 23.5 Å². The Morgan fingerprint density at radius 3 is 2.96 bits per heavy atom. The average molecular weight is 374 g/mol. The molecule has 1 unspecified atom stereocenters. The van der Waals surface area contributed by atoms with Crippen LogP contribution in [-0.2, 0) is 0 Å². The molecule has 0 bridgehead atoms. The second-order valence-electron chi connectivity index (χ2n) is 6.84. The third kappa shape index (κ3) is 4.62. The van der Waals surface area contributed by atoms with Crippen LogP contribution in [0.2, 0.25) is 0 Å². The van der Waals surface area contributed by atoms with Crippen molar-refractivity contribution in [3.63, 3.8) is 0 Å². The van der Waals surface area contributed by atoms with E-state index in [0.717, 1.165) is 30.1 Å². The maximum Gasteiger partial charge on any atom is 0.261 e. The number of aromatic nitrogens is 1. The van der Waals surface area contributed by atoms with E-state index in [1.807, 2.05) is 17.5 Å². The van der Waals surface area contributed by atoms with Crippen LogP contribution in [0.1, 0.15) is 49.4 Å². The molecule has 2 aromatic rings. The molecule has 6 heteroatoms. The first kappa shape index (κ1) is 18.9. The predicted octanol–water partition coefficient (Wildman–Crippen LogP) is 3.49. The summed E-state index contributed by atoms with van der Waals surface area (Å²) in [6, 6.07) is 7.69. The molecule has 1 aliphatic rings. The van der Waals surface area contributed by atoms with Gasteiger partial charge in [0.1, 0.15) is 5.56 Å². The minimum absolute atomic E-state index is 0.182. The lowest BCUT2D eigenvalue weighted by Crippen LogP contribution is -2.47. The highest BCUT2D eigenvalue weighted by Crippen LogP contribution is 2.21. The topological polar surface area (TPSA) is 65.2 Å². The van der Waals surface area contributed by atoms with Gasteiger partial charge in [0.15, 0.2) is 0 Å². The van der Waals surface area contributed by atoms with Gasteiger partial charge in [-0.3, -0.25) is 14.5 Å². The molecule has 26 heavy (non-hydrogen) atoms. The van der Waals surface area contributed by atoms with Crippen LogP contribution in [0.25, 0.3) is 10.6 Å². The van der Waals surface area contributed by atoms with Gasteiger partial charge in [-0.15, -0.1) is 11.3 Å². The summed E-state index contributed by atoms with van der Waals surface area (Å²) in [5.41, 5.74) is 0.598. The molecule has 5 nitrogen and oxygen atoms in total. The number of nitrogens with zero attached hydrogens (tertiary/aromatic N) is 1. The maximum absolute atomic E-state index is 12.5. The van der Waals surface area contributed by atoms with Crippen LogP contribution < -0.4 is 10.9 Å². The van der Waals surface area contributed by atoms with Gasteiger partial charge in [-0.2, -0.15) is 0 Å². The number of carbonyl (C=O) groups excluding carboxylic acids is 1. The predicted molar refractivity (Wildman–Crippen MR) is 107 cm³/mol. The van der Waals surface area contributed by atoms with Gasteiger partial charge >= 0.3 is 0 Å². The summed E-state index contributed by atoms with van der Waals surface area (Å²) < 4.78 is 0. The smallest absolute Gasteiger partial charge is 0.261 e. The Bertz CT molecular complexity index is 770. The molecule has 2 N–H and O–H groups in total. The first-order valence-corrected chi connectivity index (χ1v) is 10.4. The summed E-state index contributed by atoms with van der Waals surface area (Å²) in [6.07, 6.45) is 5.92. The molecule has 3 rings (SSSR count). The second-order valence-corrected chi connectivity index (χ2v) is 7.79. The molecule has 3 heterocycles. The van der Waals surface area contributed by atoms with Crippen molar-refractivity contribution < 1.29 is 4.79 Å². The van der Waals surface area contributed by atoms with Crippen molar-refractivity contribution in [2.24, 2.45) is 0 Å². The summed E-state index contributed by atoms with van der Waals surface area (Å²) in [4.78, 5) is 31.1. The largest absolute Gasteiger partial charge is 0.350 e. The zero-order chi connectivity index (χ0) is 18.4. The molecule has 0 radical (unpaired) electrons. The molecule has 1 fully saturated rings. The van der Waals surface area contributed by atoms with E-state index in [4.69, 9.17) is 0 Å². The lowest BCUT2D eigenvalue weighted by Gasteiger charge is -2.35. The fourth-order valence-electron chi connectivity index (χ4n) is 3.48. The van der Waals surface area contributed by atoms with Crippen molar-refractivity contribution in [1.82, 2.24) is 15.2 Å². The summed E-state index contributed by atoms with van der Waals surface area (Å²) in [6.45, 7) is 5.01. The molecule has 140 valence electrons. The monoisotopic (exact) mass is 373 g/mol. The Hall–Kier alpha value is -1.92. The quantitative estimate of drug-likeness (QED) is 0.781. The van der Waals surface area contributed by atoms with Gasteiger partial charge < -0.3 is 10.3 Å². The minimum atomic E-state index is -0.333. The van der Waals surface area contributed by atoms with Crippen molar-refractivity contribution >= 4 is 17.2 Å². The number of pyridine rings is 1. The number of hydrogen-bond acceptors (Lipinski definition) is 4. The fourth-order valence-corrected chi connectivity index (χ4v) is 4.19. The van der Waals surface area contributed by atoms with Crippen molar-refractivity contribution in [2.45, 2.75) is 45.1 Å². The Morgan fingerprint density at radius 1 is 1.35 bits per heavy atom. The first-order chi connectivity index (χ1) is 12.7. The highest BCUT2D eigenvalue weighted by atomic mass is 32.1. The van der Waals surface area contributed by atoms with Crippen molar-refractivity contribution in [2.75, 3.05) is 19.6 Å². The number of nitrogens with one attached hydrogen (secondary N) is 2. The van der Waals surface area contributed by atoms with Gasteiger partial charge in [0, 0.05) is 12.6 Å². The molecule has 2 aromatic heterocycles. The number of unbranched alkanes of at least 4 members (excludes halogenated alkanes) is 1. The standard InChI is InChI=1S/C20H27N3O2S/c1-2-3-11-23-12-5-4-7-15(23)14-21-19(24)16-9-10-17(22-20(16)25)18-8-6-13-26-18/h6,8-10,13,15H,2-5,7,11-12,14H2,1H3,(H,21,24)(H,22,25). The van der Waals surface area contributed by atoms with Gasteiger partial charge in [-0.25, -0.2) is 0 Å². The van der Waals surface area contributed by atoms with Crippen molar-refractivity contribution in [3.05, 3.63) is 45.6 Å².